The maximum Gasteiger partial charge on any atom is 0.348 e. The number of thiophene rings is 1. The molecule has 170 valence electrons. The van der Waals surface area contributed by atoms with Gasteiger partial charge in [-0.3, -0.25) is 0 Å². The summed E-state index contributed by atoms with van der Waals surface area (Å²) in [6.07, 6.45) is 0. The van der Waals surface area contributed by atoms with E-state index in [1.807, 2.05) is 30.5 Å². The van der Waals surface area contributed by atoms with E-state index < -0.39 is 16.0 Å². The van der Waals surface area contributed by atoms with Crippen molar-refractivity contribution in [2.24, 2.45) is 0 Å². The van der Waals surface area contributed by atoms with Crippen LogP contribution in [0.2, 0.25) is 0 Å². The maximum atomic E-state index is 12.6. The average molecular weight is 494 g/mol. The minimum absolute atomic E-state index is 0.0148. The maximum absolute atomic E-state index is 12.6. The van der Waals surface area contributed by atoms with Gasteiger partial charge in [-0.25, -0.2) is 27.5 Å². The third kappa shape index (κ3) is 3.98. The van der Waals surface area contributed by atoms with Crippen molar-refractivity contribution in [1.29, 1.82) is 0 Å². The Morgan fingerprint density at radius 2 is 1.88 bits per heavy atom. The van der Waals surface area contributed by atoms with E-state index >= 15 is 0 Å². The summed E-state index contributed by atoms with van der Waals surface area (Å²) in [6, 6.07) is 6.64. The van der Waals surface area contributed by atoms with Gasteiger partial charge < -0.3 is 14.2 Å². The molecular weight excluding hydrogens is 470 g/mol. The summed E-state index contributed by atoms with van der Waals surface area (Å²) < 4.78 is 34.4. The summed E-state index contributed by atoms with van der Waals surface area (Å²) in [6.45, 7) is 2.55. The minimum Gasteiger partial charge on any atom is -0.453 e. The van der Waals surface area contributed by atoms with Crippen LogP contribution in [0.15, 0.2) is 29.2 Å². The molecule has 4 aromatic rings. The van der Waals surface area contributed by atoms with Crippen molar-refractivity contribution in [3.05, 3.63) is 35.0 Å². The highest BCUT2D eigenvalue weighted by Crippen LogP contribution is 2.34. The van der Waals surface area contributed by atoms with Crippen LogP contribution in [0.4, 0.5) is 5.13 Å². The molecule has 0 radical (unpaired) electrons. The van der Waals surface area contributed by atoms with Gasteiger partial charge in [0.1, 0.15) is 22.1 Å². The molecule has 0 unspecified atom stereocenters. The molecule has 0 aliphatic rings. The van der Waals surface area contributed by atoms with E-state index in [1.54, 1.807) is 24.3 Å². The molecule has 0 aliphatic carbocycles. The highest BCUT2D eigenvalue weighted by molar-refractivity contribution is 7.89. The molecule has 0 saturated heterocycles. The number of aromatic nitrogens is 3. The number of aryl methyl sites for hydroxylation is 1. The average Bonchev–Trinajstić information content (AvgIpc) is 3.41. The number of hydrogen-bond acceptors (Lipinski definition) is 9. The van der Waals surface area contributed by atoms with Crippen LogP contribution < -0.4 is 4.90 Å². The first-order valence-electron chi connectivity index (χ1n) is 9.78. The van der Waals surface area contributed by atoms with Gasteiger partial charge in [0.2, 0.25) is 10.0 Å². The second-order valence-corrected chi connectivity index (χ2v) is 11.6. The second kappa shape index (κ2) is 8.43. The quantitative estimate of drug-likeness (QED) is 0.364. The summed E-state index contributed by atoms with van der Waals surface area (Å²) in [5.74, 6) is 0.124. The van der Waals surface area contributed by atoms with Gasteiger partial charge in [-0.2, -0.15) is 0 Å². The fourth-order valence-electron chi connectivity index (χ4n) is 3.21. The van der Waals surface area contributed by atoms with Gasteiger partial charge in [0.05, 0.1) is 20.6 Å². The van der Waals surface area contributed by atoms with Gasteiger partial charge in [0.15, 0.2) is 5.13 Å². The number of ether oxygens (including phenoxy) is 1. The third-order valence-corrected chi connectivity index (χ3v) is 9.01. The second-order valence-electron chi connectivity index (χ2n) is 7.46. The standard InChI is InChI=1S/C20H23N5O4S3/c1-6-25-14-8-7-12(32(27,28)24(4)5)9-13(14)21-17(25)11-29-19(26)16-10-15-18(30-16)22-20(31-15)23(2)3/h7-10H,6,11H2,1-5H3. The van der Waals surface area contributed by atoms with Crippen LogP contribution >= 0.6 is 22.7 Å². The van der Waals surface area contributed by atoms with E-state index in [1.165, 1.54) is 36.8 Å². The van der Waals surface area contributed by atoms with Crippen molar-refractivity contribution >= 4 is 64.4 Å². The van der Waals surface area contributed by atoms with Crippen LogP contribution in [0.25, 0.3) is 20.6 Å². The molecule has 0 saturated carbocycles. The Morgan fingerprint density at radius 1 is 1.12 bits per heavy atom. The molecule has 0 fully saturated rings. The smallest absolute Gasteiger partial charge is 0.348 e. The SMILES string of the molecule is CCn1c(COC(=O)c2cc3sc(N(C)C)nc3s2)nc2cc(S(=O)(=O)N(C)C)ccc21. The Balaban J connectivity index is 1.57. The molecule has 0 N–H and O–H groups in total. The van der Waals surface area contributed by atoms with Crippen molar-refractivity contribution in [2.45, 2.75) is 25.0 Å². The Kier molecular flexibility index (Phi) is 5.96. The molecule has 1 aromatic carbocycles. The third-order valence-electron chi connectivity index (χ3n) is 4.89. The van der Waals surface area contributed by atoms with Crippen molar-refractivity contribution < 1.29 is 17.9 Å². The van der Waals surface area contributed by atoms with Crippen LogP contribution in [0, 0.1) is 0 Å². The van der Waals surface area contributed by atoms with Crippen LogP contribution in [0.1, 0.15) is 22.4 Å². The summed E-state index contributed by atoms with van der Waals surface area (Å²) in [5, 5.41) is 0.887. The molecule has 12 heteroatoms. The van der Waals surface area contributed by atoms with Gasteiger partial charge in [0, 0.05) is 34.7 Å². The van der Waals surface area contributed by atoms with E-state index in [2.05, 4.69) is 9.97 Å². The number of rotatable bonds is 7. The number of fused-ring (bicyclic) bond motifs is 2. The van der Waals surface area contributed by atoms with Gasteiger partial charge in [-0.15, -0.1) is 11.3 Å². The fourth-order valence-corrected chi connectivity index (χ4v) is 6.16. The molecule has 0 atom stereocenters. The van der Waals surface area contributed by atoms with Crippen LogP contribution in [0.5, 0.6) is 0 Å². The molecule has 0 bridgehead atoms. The first-order valence-corrected chi connectivity index (χ1v) is 12.9. The highest BCUT2D eigenvalue weighted by Gasteiger charge is 2.21. The first-order chi connectivity index (χ1) is 15.1. The topological polar surface area (TPSA) is 97.6 Å². The molecular formula is C20H23N5O4S3. The number of anilines is 1. The largest absolute Gasteiger partial charge is 0.453 e. The van der Waals surface area contributed by atoms with E-state index in [0.717, 1.165) is 24.5 Å². The molecule has 9 nitrogen and oxygen atoms in total. The normalized spacial score (nSPS) is 12.2. The lowest BCUT2D eigenvalue weighted by molar-refractivity contribution is 0.0464. The summed E-state index contributed by atoms with van der Waals surface area (Å²) >= 11 is 2.82. The van der Waals surface area contributed by atoms with Gasteiger partial charge in [-0.05, 0) is 31.2 Å². The minimum atomic E-state index is -3.56. The molecule has 0 spiro atoms. The number of sulfonamides is 1. The number of carbonyl (C=O) groups is 1. The first kappa shape index (κ1) is 22.6. The molecule has 3 aromatic heterocycles. The molecule has 0 amide bonds. The molecule has 4 rings (SSSR count). The molecule has 3 heterocycles. The van der Waals surface area contributed by atoms with E-state index in [9.17, 15) is 13.2 Å². The van der Waals surface area contributed by atoms with Crippen molar-refractivity contribution in [3.8, 4) is 0 Å². The fraction of sp³-hybridized carbons (Fsp3) is 0.350. The zero-order valence-corrected chi connectivity index (χ0v) is 20.8. The van der Waals surface area contributed by atoms with Gasteiger partial charge in [0.25, 0.3) is 0 Å². The van der Waals surface area contributed by atoms with E-state index in [0.29, 0.717) is 22.8 Å². The van der Waals surface area contributed by atoms with Crippen LogP contribution in [-0.2, 0) is 27.9 Å². The van der Waals surface area contributed by atoms with E-state index in [4.69, 9.17) is 4.74 Å². The Labute approximate surface area is 193 Å². The van der Waals surface area contributed by atoms with Crippen LogP contribution in [0.3, 0.4) is 0 Å². The number of benzene rings is 1. The zero-order valence-electron chi connectivity index (χ0n) is 18.3. The van der Waals surface area contributed by atoms with Crippen molar-refractivity contribution in [3.63, 3.8) is 0 Å². The number of hydrogen-bond donors (Lipinski definition) is 0. The lowest BCUT2D eigenvalue weighted by Gasteiger charge is -2.11. The summed E-state index contributed by atoms with van der Waals surface area (Å²) in [4.78, 5) is 25.1. The molecule has 32 heavy (non-hydrogen) atoms. The van der Waals surface area contributed by atoms with E-state index in [-0.39, 0.29) is 11.5 Å². The van der Waals surface area contributed by atoms with Gasteiger partial charge >= 0.3 is 5.97 Å². The highest BCUT2D eigenvalue weighted by atomic mass is 32.2. The summed E-state index contributed by atoms with van der Waals surface area (Å²) in [7, 11) is 3.26. The predicted molar refractivity (Wildman–Crippen MR) is 127 cm³/mol. The number of esters is 1. The Bertz CT molecular complexity index is 1380. The van der Waals surface area contributed by atoms with Crippen molar-refractivity contribution in [2.75, 3.05) is 33.1 Å². The number of imidazole rings is 1. The number of carbonyl (C=O) groups excluding carboxylic acids is 1. The van der Waals surface area contributed by atoms with Gasteiger partial charge in [-0.1, -0.05) is 11.3 Å². The number of nitrogens with zero attached hydrogens (tertiary/aromatic N) is 5. The monoisotopic (exact) mass is 493 g/mol. The number of thiazole rings is 1. The summed E-state index contributed by atoms with van der Waals surface area (Å²) in [5.41, 5.74) is 1.33. The van der Waals surface area contributed by atoms with Crippen molar-refractivity contribution in [1.82, 2.24) is 18.8 Å². The van der Waals surface area contributed by atoms with Crippen LogP contribution in [-0.4, -0.2) is 61.4 Å². The lowest BCUT2D eigenvalue weighted by Crippen LogP contribution is -2.22. The molecule has 0 aliphatic heterocycles. The Hall–Kier alpha value is -2.54. The lowest BCUT2D eigenvalue weighted by atomic mass is 10.3. The Morgan fingerprint density at radius 3 is 2.50 bits per heavy atom. The zero-order chi connectivity index (χ0) is 23.2. The predicted octanol–water partition coefficient (Wildman–Crippen LogP) is 3.40.